The third-order valence-electron chi connectivity index (χ3n) is 5.04. The fourth-order valence-electron chi connectivity index (χ4n) is 3.88. The summed E-state index contributed by atoms with van der Waals surface area (Å²) in [4.78, 5) is 0. The molecule has 0 bridgehead atoms. The van der Waals surface area contributed by atoms with Gasteiger partial charge in [-0.1, -0.05) is 91.9 Å². The lowest BCUT2D eigenvalue weighted by molar-refractivity contribution is 0.200. The first-order chi connectivity index (χ1) is 10.1. The van der Waals surface area contributed by atoms with E-state index < -0.39 is 0 Å². The van der Waals surface area contributed by atoms with Crippen LogP contribution < -0.4 is 5.73 Å². The molecule has 0 amide bonds. The van der Waals surface area contributed by atoms with Crippen LogP contribution in [-0.4, -0.2) is 5.54 Å². The average Bonchev–Trinajstić information content (AvgIpc) is 2.45. The maximum Gasteiger partial charge on any atom is 0.0182 e. The van der Waals surface area contributed by atoms with Gasteiger partial charge in [0.1, 0.15) is 0 Å². The Kier molecular flexibility index (Phi) is 18.0. The average molecular weight is 334 g/mol. The van der Waals surface area contributed by atoms with Gasteiger partial charge in [0.2, 0.25) is 0 Å². The molecule has 0 saturated carbocycles. The standard InChI is InChI=1S/C20H43N.ClH/c1-5-9-10-11-12-13-14-16-19(15-6-2)20(21,17-7-3)18-8-4;/h19H,5-18,21H2,1-4H3;1H. The first-order valence-corrected chi connectivity index (χ1v) is 9.93. The molecule has 0 aliphatic carbocycles. The van der Waals surface area contributed by atoms with Crippen molar-refractivity contribution in [3.63, 3.8) is 0 Å². The second-order valence-corrected chi connectivity index (χ2v) is 7.13. The van der Waals surface area contributed by atoms with E-state index >= 15 is 0 Å². The van der Waals surface area contributed by atoms with Gasteiger partial charge in [0.25, 0.3) is 0 Å². The molecule has 0 radical (unpaired) electrons. The number of hydrogen-bond donors (Lipinski definition) is 1. The Morgan fingerprint density at radius 2 is 1.14 bits per heavy atom. The highest BCUT2D eigenvalue weighted by Crippen LogP contribution is 2.33. The molecule has 1 atom stereocenters. The van der Waals surface area contributed by atoms with E-state index in [1.165, 1.54) is 89.9 Å². The van der Waals surface area contributed by atoms with Gasteiger partial charge >= 0.3 is 0 Å². The van der Waals surface area contributed by atoms with E-state index in [0.29, 0.717) is 0 Å². The number of hydrogen-bond acceptors (Lipinski definition) is 1. The highest BCUT2D eigenvalue weighted by molar-refractivity contribution is 5.85. The Balaban J connectivity index is 0. The van der Waals surface area contributed by atoms with E-state index in [1.54, 1.807) is 0 Å². The summed E-state index contributed by atoms with van der Waals surface area (Å²) in [5.74, 6) is 0.748. The van der Waals surface area contributed by atoms with Crippen LogP contribution in [0.1, 0.15) is 118 Å². The van der Waals surface area contributed by atoms with Gasteiger partial charge in [0.15, 0.2) is 0 Å². The van der Waals surface area contributed by atoms with E-state index in [9.17, 15) is 0 Å². The molecule has 0 fully saturated rings. The van der Waals surface area contributed by atoms with E-state index in [2.05, 4.69) is 27.7 Å². The van der Waals surface area contributed by atoms with Crippen molar-refractivity contribution in [2.24, 2.45) is 11.7 Å². The van der Waals surface area contributed by atoms with Crippen molar-refractivity contribution in [2.75, 3.05) is 0 Å². The molecule has 136 valence electrons. The van der Waals surface area contributed by atoms with Gasteiger partial charge in [-0.15, -0.1) is 12.4 Å². The van der Waals surface area contributed by atoms with Crippen LogP contribution in [0.2, 0.25) is 0 Å². The first kappa shape index (κ1) is 24.5. The third-order valence-corrected chi connectivity index (χ3v) is 5.04. The second-order valence-electron chi connectivity index (χ2n) is 7.13. The summed E-state index contributed by atoms with van der Waals surface area (Å²) < 4.78 is 0. The molecule has 0 aromatic carbocycles. The molecule has 0 aliphatic rings. The van der Waals surface area contributed by atoms with Crippen molar-refractivity contribution in [1.29, 1.82) is 0 Å². The summed E-state index contributed by atoms with van der Waals surface area (Å²) in [5.41, 5.74) is 6.94. The summed E-state index contributed by atoms with van der Waals surface area (Å²) >= 11 is 0. The molecular formula is C20H44ClN. The van der Waals surface area contributed by atoms with Crippen LogP contribution in [0.15, 0.2) is 0 Å². The normalized spacial score (nSPS) is 13.0. The quantitative estimate of drug-likeness (QED) is 0.313. The van der Waals surface area contributed by atoms with Crippen LogP contribution in [0.25, 0.3) is 0 Å². The van der Waals surface area contributed by atoms with Crippen LogP contribution in [0.3, 0.4) is 0 Å². The summed E-state index contributed by atoms with van der Waals surface area (Å²) in [6, 6.07) is 0. The van der Waals surface area contributed by atoms with Crippen LogP contribution in [0.4, 0.5) is 0 Å². The molecule has 0 saturated heterocycles. The van der Waals surface area contributed by atoms with Gasteiger partial charge in [-0.05, 0) is 31.6 Å². The van der Waals surface area contributed by atoms with Gasteiger partial charge in [-0.2, -0.15) is 0 Å². The Hall–Kier alpha value is 0.250. The van der Waals surface area contributed by atoms with Crippen molar-refractivity contribution in [3.8, 4) is 0 Å². The van der Waals surface area contributed by atoms with Gasteiger partial charge < -0.3 is 5.73 Å². The van der Waals surface area contributed by atoms with Crippen LogP contribution in [-0.2, 0) is 0 Å². The van der Waals surface area contributed by atoms with Gasteiger partial charge in [0, 0.05) is 5.54 Å². The summed E-state index contributed by atoms with van der Waals surface area (Å²) in [7, 11) is 0. The molecule has 0 aromatic heterocycles. The van der Waals surface area contributed by atoms with E-state index in [1.807, 2.05) is 0 Å². The molecule has 1 unspecified atom stereocenters. The number of rotatable bonds is 15. The largest absolute Gasteiger partial charge is 0.325 e. The summed E-state index contributed by atoms with van der Waals surface area (Å²) in [6.45, 7) is 9.18. The smallest absolute Gasteiger partial charge is 0.0182 e. The predicted octanol–water partition coefficient (Wildman–Crippen LogP) is 7.26. The lowest BCUT2D eigenvalue weighted by Gasteiger charge is -2.38. The molecule has 2 heteroatoms. The molecule has 0 aliphatic heterocycles. The van der Waals surface area contributed by atoms with Gasteiger partial charge in [-0.25, -0.2) is 0 Å². The van der Waals surface area contributed by atoms with E-state index in [-0.39, 0.29) is 17.9 Å². The lowest BCUT2D eigenvalue weighted by atomic mass is 9.73. The molecule has 1 nitrogen and oxygen atoms in total. The molecule has 0 heterocycles. The van der Waals surface area contributed by atoms with Crippen molar-refractivity contribution < 1.29 is 0 Å². The Morgan fingerprint density at radius 3 is 1.59 bits per heavy atom. The Bertz CT molecular complexity index is 212. The van der Waals surface area contributed by atoms with Gasteiger partial charge in [-0.3, -0.25) is 0 Å². The zero-order chi connectivity index (χ0) is 16.0. The minimum Gasteiger partial charge on any atom is -0.325 e. The fraction of sp³-hybridized carbons (Fsp3) is 1.00. The number of unbranched alkanes of at least 4 members (excludes halogenated alkanes) is 6. The van der Waals surface area contributed by atoms with Crippen molar-refractivity contribution >= 4 is 12.4 Å². The first-order valence-electron chi connectivity index (χ1n) is 9.93. The minimum atomic E-state index is 0. The zero-order valence-electron chi connectivity index (χ0n) is 16.0. The Morgan fingerprint density at radius 1 is 0.636 bits per heavy atom. The predicted molar refractivity (Wildman–Crippen MR) is 105 cm³/mol. The molecule has 0 rings (SSSR count). The zero-order valence-corrected chi connectivity index (χ0v) is 16.8. The number of nitrogens with two attached hydrogens (primary N) is 1. The van der Waals surface area contributed by atoms with Gasteiger partial charge in [0.05, 0.1) is 0 Å². The summed E-state index contributed by atoms with van der Waals surface area (Å²) in [5, 5.41) is 0. The summed E-state index contributed by atoms with van der Waals surface area (Å²) in [6.07, 6.45) is 18.7. The lowest BCUT2D eigenvalue weighted by Crippen LogP contribution is -2.47. The highest BCUT2D eigenvalue weighted by Gasteiger charge is 2.31. The van der Waals surface area contributed by atoms with Crippen molar-refractivity contribution in [2.45, 2.75) is 123 Å². The third kappa shape index (κ3) is 10.9. The van der Waals surface area contributed by atoms with E-state index in [0.717, 1.165) is 5.92 Å². The molecular weight excluding hydrogens is 290 g/mol. The van der Waals surface area contributed by atoms with Crippen LogP contribution >= 0.6 is 12.4 Å². The fourth-order valence-corrected chi connectivity index (χ4v) is 3.88. The number of halogens is 1. The SMILES string of the molecule is CCCCCCCCCC(CCC)C(N)(CCC)CCC.Cl. The van der Waals surface area contributed by atoms with Crippen molar-refractivity contribution in [1.82, 2.24) is 0 Å². The maximum atomic E-state index is 6.83. The molecule has 0 spiro atoms. The van der Waals surface area contributed by atoms with Crippen molar-refractivity contribution in [3.05, 3.63) is 0 Å². The molecule has 0 aromatic rings. The second kappa shape index (κ2) is 16.1. The van der Waals surface area contributed by atoms with Crippen LogP contribution in [0.5, 0.6) is 0 Å². The topological polar surface area (TPSA) is 26.0 Å². The highest BCUT2D eigenvalue weighted by atomic mass is 35.5. The monoisotopic (exact) mass is 333 g/mol. The van der Waals surface area contributed by atoms with E-state index in [4.69, 9.17) is 5.73 Å². The van der Waals surface area contributed by atoms with Crippen LogP contribution in [0, 0.1) is 5.92 Å². The minimum absolute atomic E-state index is 0. The molecule has 2 N–H and O–H groups in total. The molecule has 22 heavy (non-hydrogen) atoms. The maximum absolute atomic E-state index is 6.83. The Labute approximate surface area is 147 Å².